The van der Waals surface area contributed by atoms with Crippen LogP contribution in [-0.4, -0.2) is 16.6 Å². The highest BCUT2D eigenvalue weighted by molar-refractivity contribution is 7.18. The molecule has 28 heavy (non-hydrogen) atoms. The summed E-state index contributed by atoms with van der Waals surface area (Å²) >= 11 is 1.71. The number of benzene rings is 3. The monoisotopic (exact) mass is 388 g/mol. The van der Waals surface area contributed by atoms with Crippen LogP contribution in [0, 0.1) is 0 Å². The van der Waals surface area contributed by atoms with Crippen molar-refractivity contribution in [2.75, 3.05) is 6.61 Å². The van der Waals surface area contributed by atoms with Gasteiger partial charge in [-0.2, -0.15) is 4.98 Å². The number of hydrogen-bond acceptors (Lipinski definition) is 6. The lowest BCUT2D eigenvalue weighted by Gasteiger charge is -2.06. The molecule has 0 bridgehead atoms. The Balaban J connectivity index is 1.19. The van der Waals surface area contributed by atoms with Crippen molar-refractivity contribution >= 4 is 32.7 Å². The van der Waals surface area contributed by atoms with Gasteiger partial charge in [-0.25, -0.2) is 4.98 Å². The molecule has 2 aromatic heterocycles. The maximum atomic E-state index is 5.83. The molecule has 5 aromatic rings. The third-order valence-corrected chi connectivity index (χ3v) is 5.32. The van der Waals surface area contributed by atoms with Crippen molar-refractivity contribution in [1.29, 1.82) is 0 Å². The van der Waals surface area contributed by atoms with Crippen LogP contribution in [0.1, 0.15) is 5.01 Å². The SMILES string of the molecule is c1ccc2oc(Oc3ccc(OCCc4nc5ccccc5s4)cc3)nc2c1. The number of ether oxygens (including phenoxy) is 2. The molecule has 0 amide bonds. The van der Waals surface area contributed by atoms with E-state index in [-0.39, 0.29) is 6.08 Å². The molecule has 3 aromatic carbocycles. The molecule has 0 saturated carbocycles. The highest BCUT2D eigenvalue weighted by atomic mass is 32.1. The Kier molecular flexibility index (Phi) is 4.39. The van der Waals surface area contributed by atoms with Gasteiger partial charge in [-0.05, 0) is 48.5 Å². The minimum atomic E-state index is 0.228. The Morgan fingerprint density at radius 2 is 1.54 bits per heavy atom. The van der Waals surface area contributed by atoms with Gasteiger partial charge in [0.2, 0.25) is 0 Å². The lowest BCUT2D eigenvalue weighted by Crippen LogP contribution is -2.00. The lowest BCUT2D eigenvalue weighted by atomic mass is 10.3. The van der Waals surface area contributed by atoms with Gasteiger partial charge in [0.1, 0.15) is 17.0 Å². The van der Waals surface area contributed by atoms with Crippen LogP contribution in [0.5, 0.6) is 17.6 Å². The van der Waals surface area contributed by atoms with E-state index in [2.05, 4.69) is 16.0 Å². The van der Waals surface area contributed by atoms with Gasteiger partial charge in [0.15, 0.2) is 5.58 Å². The second-order valence-electron chi connectivity index (χ2n) is 6.19. The lowest BCUT2D eigenvalue weighted by molar-refractivity contribution is 0.319. The van der Waals surface area contributed by atoms with E-state index < -0.39 is 0 Å². The summed E-state index contributed by atoms with van der Waals surface area (Å²) in [6, 6.07) is 23.1. The number of rotatable bonds is 6. The van der Waals surface area contributed by atoms with Crippen molar-refractivity contribution in [3.8, 4) is 17.6 Å². The van der Waals surface area contributed by atoms with E-state index in [1.807, 2.05) is 66.7 Å². The van der Waals surface area contributed by atoms with Gasteiger partial charge in [0, 0.05) is 6.42 Å². The van der Waals surface area contributed by atoms with Crippen molar-refractivity contribution in [3.63, 3.8) is 0 Å². The summed E-state index contributed by atoms with van der Waals surface area (Å²) in [6.45, 7) is 0.575. The van der Waals surface area contributed by atoms with Crippen molar-refractivity contribution in [2.45, 2.75) is 6.42 Å². The van der Waals surface area contributed by atoms with Crippen molar-refractivity contribution in [1.82, 2.24) is 9.97 Å². The first-order valence-corrected chi connectivity index (χ1v) is 9.76. The van der Waals surface area contributed by atoms with E-state index in [4.69, 9.17) is 13.9 Å². The molecule has 0 radical (unpaired) electrons. The van der Waals surface area contributed by atoms with Gasteiger partial charge >= 0.3 is 6.08 Å². The summed E-state index contributed by atoms with van der Waals surface area (Å²) in [5.74, 6) is 1.43. The Labute approximate surface area is 165 Å². The molecule has 0 saturated heterocycles. The van der Waals surface area contributed by atoms with Crippen molar-refractivity contribution < 1.29 is 13.9 Å². The smallest absolute Gasteiger partial charge is 0.400 e. The first kappa shape index (κ1) is 16.8. The van der Waals surface area contributed by atoms with Gasteiger partial charge in [-0.3, -0.25) is 0 Å². The van der Waals surface area contributed by atoms with Crippen LogP contribution in [0.4, 0.5) is 0 Å². The summed E-state index contributed by atoms with van der Waals surface area (Å²) in [5.41, 5.74) is 2.52. The predicted octanol–water partition coefficient (Wildman–Crippen LogP) is 5.85. The van der Waals surface area contributed by atoms with Gasteiger partial charge < -0.3 is 13.9 Å². The van der Waals surface area contributed by atoms with Gasteiger partial charge in [-0.15, -0.1) is 11.3 Å². The van der Waals surface area contributed by atoms with E-state index in [0.29, 0.717) is 17.9 Å². The molecule has 5 nitrogen and oxygen atoms in total. The number of hydrogen-bond donors (Lipinski definition) is 0. The first-order valence-electron chi connectivity index (χ1n) is 8.94. The normalized spacial score (nSPS) is 11.1. The standard InChI is InChI=1S/C22H16N2O3S/c1-3-7-19-17(5-1)24-22(27-19)26-16-11-9-15(10-12-16)25-14-13-21-23-18-6-2-4-8-20(18)28-21/h1-12H,13-14H2. The van der Waals surface area contributed by atoms with Crippen molar-refractivity contribution in [3.05, 3.63) is 77.8 Å². The van der Waals surface area contributed by atoms with Gasteiger partial charge in [0.25, 0.3) is 0 Å². The quantitative estimate of drug-likeness (QED) is 0.365. The van der Waals surface area contributed by atoms with Gasteiger partial charge in [0.05, 0.1) is 21.8 Å². The Morgan fingerprint density at radius 1 is 0.786 bits per heavy atom. The third-order valence-electron chi connectivity index (χ3n) is 4.23. The summed E-state index contributed by atoms with van der Waals surface area (Å²) in [5, 5.41) is 1.08. The molecule has 2 heterocycles. The van der Waals surface area contributed by atoms with Crippen molar-refractivity contribution in [2.24, 2.45) is 0 Å². The fraction of sp³-hybridized carbons (Fsp3) is 0.0909. The minimum Gasteiger partial charge on any atom is -0.493 e. The van der Waals surface area contributed by atoms with E-state index in [1.165, 1.54) is 4.70 Å². The predicted molar refractivity (Wildman–Crippen MR) is 109 cm³/mol. The Hall–Kier alpha value is -3.38. The average Bonchev–Trinajstić information content (AvgIpc) is 3.32. The highest BCUT2D eigenvalue weighted by Crippen LogP contribution is 2.27. The largest absolute Gasteiger partial charge is 0.493 e. The summed E-state index contributed by atoms with van der Waals surface area (Å²) in [6.07, 6.45) is 1.01. The van der Waals surface area contributed by atoms with Crippen LogP contribution in [-0.2, 0) is 6.42 Å². The summed E-state index contributed by atoms with van der Waals surface area (Å²) in [4.78, 5) is 8.93. The number of thiazole rings is 1. The molecule has 0 N–H and O–H groups in total. The van der Waals surface area contributed by atoms with Crippen LogP contribution in [0.15, 0.2) is 77.2 Å². The summed E-state index contributed by atoms with van der Waals surface area (Å²) < 4.78 is 18.3. The molecule has 5 rings (SSSR count). The average molecular weight is 388 g/mol. The molecule has 0 fully saturated rings. The zero-order valence-corrected chi connectivity index (χ0v) is 15.7. The molecule has 0 unspecified atom stereocenters. The second-order valence-corrected chi connectivity index (χ2v) is 7.31. The molecule has 6 heteroatoms. The Bertz CT molecular complexity index is 1160. The third kappa shape index (κ3) is 3.54. The minimum absolute atomic E-state index is 0.228. The molecule has 0 spiro atoms. The number of nitrogens with zero attached hydrogens (tertiary/aromatic N) is 2. The number of aromatic nitrogens is 2. The summed E-state index contributed by atoms with van der Waals surface area (Å²) in [7, 11) is 0. The Morgan fingerprint density at radius 3 is 2.36 bits per heavy atom. The van der Waals surface area contributed by atoms with E-state index in [0.717, 1.165) is 28.2 Å². The maximum absolute atomic E-state index is 5.83. The molecule has 0 aliphatic heterocycles. The second kappa shape index (κ2) is 7.32. The van der Waals surface area contributed by atoms with Crippen LogP contribution >= 0.6 is 11.3 Å². The molecule has 0 aliphatic carbocycles. The van der Waals surface area contributed by atoms with Crippen LogP contribution in [0.3, 0.4) is 0 Å². The first-order chi connectivity index (χ1) is 13.8. The maximum Gasteiger partial charge on any atom is 0.400 e. The fourth-order valence-electron chi connectivity index (χ4n) is 2.88. The van der Waals surface area contributed by atoms with Gasteiger partial charge in [-0.1, -0.05) is 24.3 Å². The molecule has 0 atom stereocenters. The van der Waals surface area contributed by atoms with E-state index in [1.54, 1.807) is 11.3 Å². The van der Waals surface area contributed by atoms with Crippen LogP contribution in [0.2, 0.25) is 0 Å². The zero-order chi connectivity index (χ0) is 18.8. The fourth-order valence-corrected chi connectivity index (χ4v) is 3.83. The molecular formula is C22H16N2O3S. The number of oxazole rings is 1. The topological polar surface area (TPSA) is 57.4 Å². The molecule has 0 aliphatic rings. The molecule has 138 valence electrons. The molecular weight excluding hydrogens is 372 g/mol. The zero-order valence-electron chi connectivity index (χ0n) is 14.9. The number of para-hydroxylation sites is 3. The van der Waals surface area contributed by atoms with Crippen LogP contribution < -0.4 is 9.47 Å². The number of fused-ring (bicyclic) bond motifs is 2. The van der Waals surface area contributed by atoms with E-state index >= 15 is 0 Å². The highest BCUT2D eigenvalue weighted by Gasteiger charge is 2.08. The van der Waals surface area contributed by atoms with Crippen LogP contribution in [0.25, 0.3) is 21.3 Å². The van der Waals surface area contributed by atoms with E-state index in [9.17, 15) is 0 Å².